The van der Waals surface area contributed by atoms with Crippen LogP contribution >= 0.6 is 27.3 Å². The van der Waals surface area contributed by atoms with Crippen molar-refractivity contribution in [1.29, 1.82) is 0 Å². The maximum atomic E-state index is 12.5. The number of rotatable bonds is 2. The van der Waals surface area contributed by atoms with Crippen molar-refractivity contribution in [2.45, 2.75) is 25.3 Å². The SMILES string of the molecule is O=C(O)C1C2CCCC2CN1C(=O)c1cc(Br)cs1. The van der Waals surface area contributed by atoms with Crippen molar-refractivity contribution in [2.24, 2.45) is 11.8 Å². The summed E-state index contributed by atoms with van der Waals surface area (Å²) in [4.78, 5) is 26.1. The summed E-state index contributed by atoms with van der Waals surface area (Å²) in [5, 5.41) is 11.3. The van der Waals surface area contributed by atoms with Gasteiger partial charge in [-0.2, -0.15) is 0 Å². The first-order chi connectivity index (χ1) is 9.08. The van der Waals surface area contributed by atoms with Crippen LogP contribution in [0.5, 0.6) is 0 Å². The first kappa shape index (κ1) is 13.1. The molecule has 1 saturated carbocycles. The molecule has 0 radical (unpaired) electrons. The third-order valence-corrected chi connectivity index (χ3v) is 5.86. The molecule has 6 heteroatoms. The molecule has 4 nitrogen and oxygen atoms in total. The van der Waals surface area contributed by atoms with E-state index in [1.807, 2.05) is 5.38 Å². The molecule has 2 heterocycles. The standard InChI is InChI=1S/C13H14BrNO3S/c14-8-4-10(19-6-8)12(16)15-5-7-2-1-3-9(7)11(15)13(17)18/h4,6-7,9,11H,1-3,5H2,(H,17,18). The van der Waals surface area contributed by atoms with Crippen LogP contribution in [-0.4, -0.2) is 34.5 Å². The molecule has 3 unspecified atom stereocenters. The molecule has 1 aromatic rings. The van der Waals surface area contributed by atoms with Gasteiger partial charge in [0.2, 0.25) is 0 Å². The van der Waals surface area contributed by atoms with Gasteiger partial charge in [0.1, 0.15) is 6.04 Å². The van der Waals surface area contributed by atoms with E-state index in [2.05, 4.69) is 15.9 Å². The van der Waals surface area contributed by atoms with E-state index < -0.39 is 12.0 Å². The second-order valence-electron chi connectivity index (χ2n) is 5.22. The van der Waals surface area contributed by atoms with Crippen LogP contribution in [0.4, 0.5) is 0 Å². The zero-order valence-electron chi connectivity index (χ0n) is 10.2. The first-order valence-electron chi connectivity index (χ1n) is 6.35. The molecule has 1 aliphatic heterocycles. The van der Waals surface area contributed by atoms with Gasteiger partial charge in [-0.3, -0.25) is 4.79 Å². The average Bonchev–Trinajstić information content (AvgIpc) is 3.00. The largest absolute Gasteiger partial charge is 0.480 e. The lowest BCUT2D eigenvalue weighted by molar-refractivity contribution is -0.142. The number of carboxylic acid groups (broad SMARTS) is 1. The molecule has 102 valence electrons. The first-order valence-corrected chi connectivity index (χ1v) is 8.03. The van der Waals surface area contributed by atoms with Crippen molar-refractivity contribution in [1.82, 2.24) is 4.90 Å². The molecular formula is C13H14BrNO3S. The summed E-state index contributed by atoms with van der Waals surface area (Å²) < 4.78 is 0.868. The van der Waals surface area contributed by atoms with Gasteiger partial charge in [-0.1, -0.05) is 6.42 Å². The van der Waals surface area contributed by atoms with Gasteiger partial charge in [0.05, 0.1) is 4.88 Å². The number of likely N-dealkylation sites (tertiary alicyclic amines) is 1. The minimum Gasteiger partial charge on any atom is -0.480 e. The van der Waals surface area contributed by atoms with Crippen molar-refractivity contribution < 1.29 is 14.7 Å². The summed E-state index contributed by atoms with van der Waals surface area (Å²) in [5.74, 6) is -0.492. The topological polar surface area (TPSA) is 57.6 Å². The predicted molar refractivity (Wildman–Crippen MR) is 75.3 cm³/mol. The van der Waals surface area contributed by atoms with E-state index in [4.69, 9.17) is 0 Å². The predicted octanol–water partition coefficient (Wildman–Crippen LogP) is 2.84. The highest BCUT2D eigenvalue weighted by molar-refractivity contribution is 9.10. The number of fused-ring (bicyclic) bond motifs is 1. The average molecular weight is 344 g/mol. The normalized spacial score (nSPS) is 29.5. The van der Waals surface area contributed by atoms with Crippen molar-refractivity contribution in [3.8, 4) is 0 Å². The van der Waals surface area contributed by atoms with Crippen LogP contribution in [0.1, 0.15) is 28.9 Å². The van der Waals surface area contributed by atoms with Gasteiger partial charge >= 0.3 is 5.97 Å². The molecule has 3 atom stereocenters. The number of halogens is 1. The van der Waals surface area contributed by atoms with Crippen LogP contribution in [0.15, 0.2) is 15.9 Å². The Hall–Kier alpha value is -0.880. The van der Waals surface area contributed by atoms with Crippen molar-refractivity contribution in [2.75, 3.05) is 6.54 Å². The van der Waals surface area contributed by atoms with E-state index in [0.29, 0.717) is 17.3 Å². The minimum atomic E-state index is -0.863. The number of nitrogens with zero attached hydrogens (tertiary/aromatic N) is 1. The fourth-order valence-corrected chi connectivity index (χ4v) is 4.78. The van der Waals surface area contributed by atoms with Crippen LogP contribution in [0.25, 0.3) is 0 Å². The van der Waals surface area contributed by atoms with Gasteiger partial charge in [0.15, 0.2) is 0 Å². The zero-order valence-corrected chi connectivity index (χ0v) is 12.6. The fourth-order valence-electron chi connectivity index (χ4n) is 3.40. The zero-order chi connectivity index (χ0) is 13.6. The summed E-state index contributed by atoms with van der Waals surface area (Å²) >= 11 is 4.68. The Kier molecular flexibility index (Phi) is 3.39. The highest BCUT2D eigenvalue weighted by atomic mass is 79.9. The summed E-state index contributed by atoms with van der Waals surface area (Å²) in [6, 6.07) is 1.13. The van der Waals surface area contributed by atoms with E-state index in [9.17, 15) is 14.7 Å². The summed E-state index contributed by atoms with van der Waals surface area (Å²) in [7, 11) is 0. The van der Waals surface area contributed by atoms with Gasteiger partial charge in [-0.15, -0.1) is 11.3 Å². The number of carbonyl (C=O) groups is 2. The molecule has 19 heavy (non-hydrogen) atoms. The molecule has 2 aliphatic rings. The highest BCUT2D eigenvalue weighted by Gasteiger charge is 2.49. The maximum absolute atomic E-state index is 12.5. The van der Waals surface area contributed by atoms with Gasteiger partial charge in [0, 0.05) is 16.4 Å². The molecule has 0 aromatic carbocycles. The lowest BCUT2D eigenvalue weighted by Crippen LogP contribution is -2.43. The lowest BCUT2D eigenvalue weighted by Gasteiger charge is -2.23. The lowest BCUT2D eigenvalue weighted by atomic mass is 9.94. The second kappa shape index (κ2) is 4.90. The van der Waals surface area contributed by atoms with Gasteiger partial charge in [-0.05, 0) is 46.7 Å². The second-order valence-corrected chi connectivity index (χ2v) is 7.05. The van der Waals surface area contributed by atoms with Crippen molar-refractivity contribution >= 4 is 39.1 Å². The number of hydrogen-bond donors (Lipinski definition) is 1. The number of thiophene rings is 1. The molecule has 1 aromatic heterocycles. The number of carbonyl (C=O) groups excluding carboxylic acids is 1. The van der Waals surface area contributed by atoms with E-state index in [1.165, 1.54) is 11.3 Å². The molecule has 0 spiro atoms. The molecule has 0 bridgehead atoms. The number of hydrogen-bond acceptors (Lipinski definition) is 3. The maximum Gasteiger partial charge on any atom is 0.326 e. The molecule has 1 N–H and O–H groups in total. The van der Waals surface area contributed by atoms with Gasteiger partial charge in [0.25, 0.3) is 5.91 Å². The Morgan fingerprint density at radius 3 is 2.84 bits per heavy atom. The van der Waals surface area contributed by atoms with Crippen LogP contribution in [-0.2, 0) is 4.79 Å². The summed E-state index contributed by atoms with van der Waals surface area (Å²) in [6.07, 6.45) is 3.07. The third-order valence-electron chi connectivity index (χ3n) is 4.18. The van der Waals surface area contributed by atoms with Crippen LogP contribution in [0, 0.1) is 11.8 Å². The Bertz CT molecular complexity index is 530. The Balaban J connectivity index is 1.87. The molecule has 1 aliphatic carbocycles. The number of aliphatic carboxylic acids is 1. The quantitative estimate of drug-likeness (QED) is 0.898. The molecule has 2 fully saturated rings. The molecule has 1 saturated heterocycles. The molecule has 3 rings (SSSR count). The summed E-state index contributed by atoms with van der Waals surface area (Å²) in [5.41, 5.74) is 0. The number of amides is 1. The monoisotopic (exact) mass is 343 g/mol. The summed E-state index contributed by atoms with van der Waals surface area (Å²) in [6.45, 7) is 0.593. The van der Waals surface area contributed by atoms with E-state index in [-0.39, 0.29) is 11.8 Å². The van der Waals surface area contributed by atoms with E-state index in [1.54, 1.807) is 11.0 Å². The van der Waals surface area contributed by atoms with Crippen LogP contribution < -0.4 is 0 Å². The number of carboxylic acids is 1. The highest BCUT2D eigenvalue weighted by Crippen LogP contribution is 2.43. The molecule has 1 amide bonds. The van der Waals surface area contributed by atoms with Crippen molar-refractivity contribution in [3.05, 3.63) is 20.8 Å². The smallest absolute Gasteiger partial charge is 0.326 e. The molecular weight excluding hydrogens is 330 g/mol. The van der Waals surface area contributed by atoms with Crippen LogP contribution in [0.3, 0.4) is 0 Å². The van der Waals surface area contributed by atoms with E-state index in [0.717, 1.165) is 23.7 Å². The Labute approximate surface area is 123 Å². The fraction of sp³-hybridized carbons (Fsp3) is 0.538. The van der Waals surface area contributed by atoms with Crippen LogP contribution in [0.2, 0.25) is 0 Å². The van der Waals surface area contributed by atoms with Crippen molar-refractivity contribution in [3.63, 3.8) is 0 Å². The van der Waals surface area contributed by atoms with E-state index >= 15 is 0 Å². The minimum absolute atomic E-state index is 0.141. The van der Waals surface area contributed by atoms with Gasteiger partial charge in [-0.25, -0.2) is 4.79 Å². The van der Waals surface area contributed by atoms with Gasteiger partial charge < -0.3 is 10.0 Å². The Morgan fingerprint density at radius 2 is 2.21 bits per heavy atom. The third kappa shape index (κ3) is 2.21. The Morgan fingerprint density at radius 1 is 1.42 bits per heavy atom.